The van der Waals surface area contributed by atoms with E-state index < -0.39 is 59.8 Å². The van der Waals surface area contributed by atoms with Crippen molar-refractivity contribution in [2.75, 3.05) is 34.5 Å². The molecule has 0 radical (unpaired) electrons. The molecule has 250 valence electrons. The van der Waals surface area contributed by atoms with Gasteiger partial charge in [-0.2, -0.15) is 0 Å². The number of ketones is 1. The maximum absolute atomic E-state index is 13.7. The zero-order chi connectivity index (χ0) is 32.4. The van der Waals surface area contributed by atoms with Crippen LogP contribution in [0.5, 0.6) is 0 Å². The number of nitrogens with zero attached hydrogens (tertiary/aromatic N) is 1. The zero-order valence-electron chi connectivity index (χ0n) is 27.1. The topological polar surface area (TPSA) is 141 Å². The van der Waals surface area contributed by atoms with Gasteiger partial charge >= 0.3 is 5.97 Å². The van der Waals surface area contributed by atoms with Crippen molar-refractivity contribution in [2.45, 2.75) is 120 Å². The van der Waals surface area contributed by atoms with Crippen LogP contribution in [0.25, 0.3) is 0 Å². The van der Waals surface area contributed by atoms with E-state index >= 15 is 0 Å². The van der Waals surface area contributed by atoms with Crippen LogP contribution in [-0.4, -0.2) is 110 Å². The molecule has 11 heteroatoms. The first kappa shape index (κ1) is 36.3. The molecule has 5 unspecified atom stereocenters. The summed E-state index contributed by atoms with van der Waals surface area (Å²) < 4.78 is 28.0. The number of Topliss-reactive ketones (excluding diaryl/α,β-unsaturated/α-hetero) is 1. The van der Waals surface area contributed by atoms with E-state index in [1.807, 2.05) is 13.0 Å². The fraction of sp³-hybridized carbons (Fsp3) is 0.788. The number of carbonyl (C=O) groups is 3. The van der Waals surface area contributed by atoms with Crippen molar-refractivity contribution in [3.8, 4) is 0 Å². The van der Waals surface area contributed by atoms with E-state index in [4.69, 9.17) is 23.7 Å². The summed E-state index contributed by atoms with van der Waals surface area (Å²) in [4.78, 5) is 42.2. The minimum atomic E-state index is -2.37. The molecule has 3 aliphatic rings. The fourth-order valence-electron chi connectivity index (χ4n) is 6.69. The third kappa shape index (κ3) is 8.76. The molecule has 0 aromatic carbocycles. The van der Waals surface area contributed by atoms with E-state index in [-0.39, 0.29) is 31.6 Å². The summed E-state index contributed by atoms with van der Waals surface area (Å²) in [7, 11) is 4.59. The Morgan fingerprint density at radius 3 is 2.48 bits per heavy atom. The van der Waals surface area contributed by atoms with Crippen molar-refractivity contribution in [1.29, 1.82) is 0 Å². The second kappa shape index (κ2) is 17.0. The summed E-state index contributed by atoms with van der Waals surface area (Å²) in [5.74, 6) is -5.57. The number of methoxy groups -OCH3 is 3. The molecule has 2 heterocycles. The maximum atomic E-state index is 13.7. The van der Waals surface area contributed by atoms with Crippen LogP contribution in [0.4, 0.5) is 0 Å². The number of esters is 1. The lowest BCUT2D eigenvalue weighted by molar-refractivity contribution is -0.291. The van der Waals surface area contributed by atoms with Gasteiger partial charge in [0.1, 0.15) is 18.2 Å². The summed E-state index contributed by atoms with van der Waals surface area (Å²) in [6.07, 6.45) is 7.68. The summed E-state index contributed by atoms with van der Waals surface area (Å²) in [6.45, 7) is 7.62. The number of ether oxygens (including phenoxy) is 5. The predicted molar refractivity (Wildman–Crippen MR) is 162 cm³/mol. The van der Waals surface area contributed by atoms with E-state index in [0.29, 0.717) is 38.5 Å². The van der Waals surface area contributed by atoms with Crippen molar-refractivity contribution < 1.29 is 48.3 Å². The first-order valence-corrected chi connectivity index (χ1v) is 16.0. The lowest BCUT2D eigenvalue weighted by atomic mass is 9.83. The molecule has 0 aromatic rings. The average Bonchev–Trinajstić information content (AvgIpc) is 3.02. The van der Waals surface area contributed by atoms with Gasteiger partial charge in [0.2, 0.25) is 5.79 Å². The monoisotopic (exact) mass is 623 g/mol. The van der Waals surface area contributed by atoms with Crippen LogP contribution in [0.2, 0.25) is 0 Å². The van der Waals surface area contributed by atoms with Gasteiger partial charge in [0.05, 0.1) is 24.9 Å². The van der Waals surface area contributed by atoms with E-state index in [1.165, 1.54) is 19.1 Å². The van der Waals surface area contributed by atoms with Gasteiger partial charge in [-0.15, -0.1) is 6.58 Å². The number of unbranched alkanes of at least 4 members (excludes halogenated alkanes) is 1. The van der Waals surface area contributed by atoms with Gasteiger partial charge in [-0.05, 0) is 82.6 Å². The number of likely N-dealkylation sites (tertiary alicyclic amines) is 1. The second-order valence-corrected chi connectivity index (χ2v) is 12.5. The Hall–Kier alpha value is -2.15. The summed E-state index contributed by atoms with van der Waals surface area (Å²) in [5.41, 5.74) is 0.902. The van der Waals surface area contributed by atoms with E-state index in [9.17, 15) is 24.6 Å². The summed E-state index contributed by atoms with van der Waals surface area (Å²) in [6, 6.07) is -0.957. The number of aliphatic hydroxyl groups is 2. The molecule has 2 saturated heterocycles. The van der Waals surface area contributed by atoms with Crippen LogP contribution < -0.4 is 0 Å². The smallest absolute Gasteiger partial charge is 0.329 e. The van der Waals surface area contributed by atoms with Crippen molar-refractivity contribution in [3.63, 3.8) is 0 Å². The van der Waals surface area contributed by atoms with E-state index in [1.54, 1.807) is 14.0 Å². The summed E-state index contributed by atoms with van der Waals surface area (Å²) >= 11 is 0. The minimum absolute atomic E-state index is 0.0708. The average molecular weight is 624 g/mol. The Morgan fingerprint density at radius 1 is 1.09 bits per heavy atom. The number of carbonyl (C=O) groups excluding carboxylic acids is 3. The molecule has 3 rings (SSSR count). The molecule has 44 heavy (non-hydrogen) atoms. The van der Waals surface area contributed by atoms with Gasteiger partial charge in [0, 0.05) is 33.8 Å². The number of rotatable bonds is 14. The van der Waals surface area contributed by atoms with Crippen molar-refractivity contribution in [2.24, 2.45) is 11.8 Å². The Balaban J connectivity index is 1.77. The first-order valence-electron chi connectivity index (χ1n) is 16.0. The van der Waals surface area contributed by atoms with Crippen LogP contribution >= 0.6 is 0 Å². The summed E-state index contributed by atoms with van der Waals surface area (Å²) in [5, 5.41) is 21.6. The Labute approximate surface area is 261 Å². The zero-order valence-corrected chi connectivity index (χ0v) is 27.1. The highest BCUT2D eigenvalue weighted by Gasteiger charge is 2.55. The van der Waals surface area contributed by atoms with Crippen LogP contribution in [0.1, 0.15) is 78.1 Å². The van der Waals surface area contributed by atoms with Gasteiger partial charge in [0.15, 0.2) is 0 Å². The van der Waals surface area contributed by atoms with Crippen LogP contribution in [0, 0.1) is 11.8 Å². The lowest BCUT2D eigenvalue weighted by Crippen LogP contribution is -2.63. The van der Waals surface area contributed by atoms with Crippen LogP contribution in [0.3, 0.4) is 0 Å². The third-order valence-electron chi connectivity index (χ3n) is 9.43. The molecule has 1 amide bonds. The SMILES string of the molecule is C=CCCCC(OC(=O)[C@@H]1CCCCN1C(=O)C(=O)C1(O)O[C@H](COC)C(OC)C[C@H]1C)/C(C)=C/[C@@H]1CCC(O)C(OC)C1. The molecule has 9 atom stereocenters. The Bertz CT molecular complexity index is 1020. The number of hydrogen-bond acceptors (Lipinski definition) is 10. The Morgan fingerprint density at radius 2 is 1.82 bits per heavy atom. The van der Waals surface area contributed by atoms with Gasteiger partial charge in [-0.1, -0.05) is 19.1 Å². The molecular weight excluding hydrogens is 570 g/mol. The first-order chi connectivity index (χ1) is 21.0. The molecule has 2 aliphatic heterocycles. The molecule has 1 saturated carbocycles. The van der Waals surface area contributed by atoms with Crippen molar-refractivity contribution >= 4 is 17.7 Å². The fourth-order valence-corrected chi connectivity index (χ4v) is 6.69. The van der Waals surface area contributed by atoms with Crippen molar-refractivity contribution in [1.82, 2.24) is 4.90 Å². The number of amides is 1. The molecule has 0 aromatic heterocycles. The van der Waals surface area contributed by atoms with Crippen LogP contribution in [0.15, 0.2) is 24.3 Å². The Kier molecular flexibility index (Phi) is 14.0. The van der Waals surface area contributed by atoms with Crippen LogP contribution in [-0.2, 0) is 38.1 Å². The highest BCUT2D eigenvalue weighted by atomic mass is 16.7. The molecular formula is C33H53NO10. The lowest BCUT2D eigenvalue weighted by Gasteiger charge is -2.44. The van der Waals surface area contributed by atoms with Gasteiger partial charge in [0.25, 0.3) is 11.7 Å². The van der Waals surface area contributed by atoms with E-state index in [2.05, 4.69) is 12.7 Å². The largest absolute Gasteiger partial charge is 0.456 e. The standard InChI is InChI=1S/C33H53NO10/c1-7-8-9-13-26(21(2)17-23-14-15-25(35)27(19-23)41-5)43-32(38)24-12-10-11-16-34(24)31(37)30(36)33(39)22(3)18-28(42-6)29(44-33)20-40-4/h7,17,22-29,35,39H,1,8-16,18-20H2,2-6H3/b21-17+/t22-,23+,24+,25?,26?,27?,28?,29-,33?/m1/s1. The number of piperidine rings is 1. The third-order valence-corrected chi connectivity index (χ3v) is 9.43. The maximum Gasteiger partial charge on any atom is 0.329 e. The molecule has 11 nitrogen and oxygen atoms in total. The number of hydrogen-bond donors (Lipinski definition) is 2. The van der Waals surface area contributed by atoms with Crippen molar-refractivity contribution in [3.05, 3.63) is 24.3 Å². The number of aliphatic hydroxyl groups excluding tert-OH is 1. The molecule has 3 fully saturated rings. The molecule has 1 aliphatic carbocycles. The molecule has 0 bridgehead atoms. The minimum Gasteiger partial charge on any atom is -0.456 e. The number of allylic oxidation sites excluding steroid dienone is 2. The van der Waals surface area contributed by atoms with Gasteiger partial charge < -0.3 is 38.8 Å². The van der Waals surface area contributed by atoms with Gasteiger partial charge in [-0.25, -0.2) is 4.79 Å². The highest BCUT2D eigenvalue weighted by Crippen LogP contribution is 2.36. The predicted octanol–water partition coefficient (Wildman–Crippen LogP) is 3.10. The van der Waals surface area contributed by atoms with Gasteiger partial charge in [-0.3, -0.25) is 9.59 Å². The molecule has 0 spiro atoms. The van der Waals surface area contributed by atoms with E-state index in [0.717, 1.165) is 24.8 Å². The quantitative estimate of drug-likeness (QED) is 0.128. The second-order valence-electron chi connectivity index (χ2n) is 12.5. The normalized spacial score (nSPS) is 33.8. The highest BCUT2D eigenvalue weighted by molar-refractivity contribution is 6.39. The molecule has 2 N–H and O–H groups in total.